The Morgan fingerprint density at radius 3 is 2.79 bits per heavy atom. The number of hydrogen-bond donors (Lipinski definition) is 1. The molecule has 1 aromatic carbocycles. The van der Waals surface area contributed by atoms with Crippen molar-refractivity contribution < 1.29 is 0 Å². The molecule has 0 atom stereocenters. The lowest BCUT2D eigenvalue weighted by Gasteiger charge is -2.30. The molecule has 2 heterocycles. The molecular weight excluding hydrogens is 256 g/mol. The Morgan fingerprint density at radius 1 is 1.16 bits per heavy atom. The van der Waals surface area contributed by atoms with Gasteiger partial charge in [-0.15, -0.1) is 5.10 Å². The average Bonchev–Trinajstić information content (AvgIpc) is 3.00. The van der Waals surface area contributed by atoms with E-state index in [-0.39, 0.29) is 0 Å². The molecule has 0 unspecified atom stereocenters. The minimum absolute atomic E-state index is 0.737. The normalized spacial score (nSPS) is 15.5. The highest BCUT2D eigenvalue weighted by atomic mass is 32.1. The SMILES string of the molecule is c1ccc(N2CCCCC2)c(NCc2csnn2)c1. The lowest BCUT2D eigenvalue weighted by atomic mass is 10.1. The number of hydrogen-bond acceptors (Lipinski definition) is 5. The number of rotatable bonds is 4. The Hall–Kier alpha value is -1.62. The maximum atomic E-state index is 4.07. The van der Waals surface area contributed by atoms with Crippen LogP contribution in [0, 0.1) is 0 Å². The van der Waals surface area contributed by atoms with Crippen LogP contribution >= 0.6 is 11.5 Å². The number of nitrogens with one attached hydrogen (secondary N) is 1. The fourth-order valence-electron chi connectivity index (χ4n) is 2.48. The molecule has 0 amide bonds. The number of anilines is 2. The maximum Gasteiger partial charge on any atom is 0.0946 e. The molecule has 1 fully saturated rings. The third-order valence-electron chi connectivity index (χ3n) is 3.47. The molecule has 4 nitrogen and oxygen atoms in total. The molecule has 1 aliphatic rings. The van der Waals surface area contributed by atoms with Crippen LogP contribution in [-0.4, -0.2) is 22.7 Å². The van der Waals surface area contributed by atoms with Crippen molar-refractivity contribution in [2.24, 2.45) is 0 Å². The number of aromatic nitrogens is 2. The predicted molar refractivity (Wildman–Crippen MR) is 79.7 cm³/mol. The fraction of sp³-hybridized carbons (Fsp3) is 0.429. The van der Waals surface area contributed by atoms with Crippen molar-refractivity contribution >= 4 is 22.9 Å². The van der Waals surface area contributed by atoms with Gasteiger partial charge >= 0.3 is 0 Å². The number of benzene rings is 1. The smallest absolute Gasteiger partial charge is 0.0946 e. The third-order valence-corrected chi connectivity index (χ3v) is 4.02. The van der Waals surface area contributed by atoms with Crippen molar-refractivity contribution in [1.29, 1.82) is 0 Å². The molecule has 0 spiro atoms. The van der Waals surface area contributed by atoms with Crippen molar-refractivity contribution in [3.8, 4) is 0 Å². The van der Waals surface area contributed by atoms with Crippen molar-refractivity contribution in [2.75, 3.05) is 23.3 Å². The molecule has 2 aromatic rings. The molecule has 0 saturated carbocycles. The van der Waals surface area contributed by atoms with Crippen molar-refractivity contribution in [1.82, 2.24) is 9.59 Å². The zero-order valence-electron chi connectivity index (χ0n) is 10.9. The number of para-hydroxylation sites is 2. The first-order valence-electron chi connectivity index (χ1n) is 6.77. The van der Waals surface area contributed by atoms with E-state index >= 15 is 0 Å². The van der Waals surface area contributed by atoms with Crippen LogP contribution in [0.1, 0.15) is 25.0 Å². The highest BCUT2D eigenvalue weighted by Gasteiger charge is 2.13. The molecule has 0 radical (unpaired) electrons. The molecule has 100 valence electrons. The van der Waals surface area contributed by atoms with Gasteiger partial charge in [-0.3, -0.25) is 0 Å². The fourth-order valence-corrected chi connectivity index (χ4v) is 2.93. The average molecular weight is 274 g/mol. The summed E-state index contributed by atoms with van der Waals surface area (Å²) in [5.74, 6) is 0. The minimum atomic E-state index is 0.737. The van der Waals surface area contributed by atoms with Gasteiger partial charge < -0.3 is 10.2 Å². The Balaban J connectivity index is 1.73. The van der Waals surface area contributed by atoms with Gasteiger partial charge in [0.15, 0.2) is 0 Å². The number of nitrogens with zero attached hydrogens (tertiary/aromatic N) is 3. The van der Waals surface area contributed by atoms with Gasteiger partial charge in [0.2, 0.25) is 0 Å². The summed E-state index contributed by atoms with van der Waals surface area (Å²) in [6.07, 6.45) is 3.95. The largest absolute Gasteiger partial charge is 0.378 e. The van der Waals surface area contributed by atoms with Crippen LogP contribution in [-0.2, 0) is 6.54 Å². The zero-order valence-corrected chi connectivity index (χ0v) is 11.7. The first-order chi connectivity index (χ1) is 9.43. The molecule has 5 heteroatoms. The van der Waals surface area contributed by atoms with Gasteiger partial charge in [-0.2, -0.15) is 0 Å². The van der Waals surface area contributed by atoms with Gasteiger partial charge in [-0.25, -0.2) is 0 Å². The zero-order chi connectivity index (χ0) is 12.9. The first kappa shape index (κ1) is 12.4. The Morgan fingerprint density at radius 2 is 2.00 bits per heavy atom. The lowest BCUT2D eigenvalue weighted by molar-refractivity contribution is 0.578. The molecule has 0 bridgehead atoms. The molecule has 1 aliphatic heterocycles. The van der Waals surface area contributed by atoms with Crippen LogP contribution in [0.25, 0.3) is 0 Å². The second-order valence-electron chi connectivity index (χ2n) is 4.81. The summed E-state index contributed by atoms with van der Waals surface area (Å²) in [4.78, 5) is 2.48. The van der Waals surface area contributed by atoms with Gasteiger partial charge in [0.25, 0.3) is 0 Å². The van der Waals surface area contributed by atoms with Crippen LogP contribution < -0.4 is 10.2 Å². The highest BCUT2D eigenvalue weighted by Crippen LogP contribution is 2.28. The predicted octanol–water partition coefficient (Wildman–Crippen LogP) is 3.14. The standard InChI is InChI=1S/C14H18N4S/c1-4-8-18(9-5-1)14-7-3-2-6-13(14)15-10-12-11-19-17-16-12/h2-3,6-7,11,15H,1,4-5,8-10H2. The van der Waals surface area contributed by atoms with E-state index in [4.69, 9.17) is 0 Å². The van der Waals surface area contributed by atoms with E-state index in [1.807, 2.05) is 5.38 Å². The topological polar surface area (TPSA) is 41.0 Å². The molecule has 19 heavy (non-hydrogen) atoms. The van der Waals surface area contributed by atoms with E-state index in [0.29, 0.717) is 0 Å². The summed E-state index contributed by atoms with van der Waals surface area (Å²) < 4.78 is 3.89. The summed E-state index contributed by atoms with van der Waals surface area (Å²) in [6.45, 7) is 3.06. The second-order valence-corrected chi connectivity index (χ2v) is 5.42. The van der Waals surface area contributed by atoms with Crippen LogP contribution in [0.15, 0.2) is 29.6 Å². The molecule has 1 aromatic heterocycles. The molecule has 0 aliphatic carbocycles. The van der Waals surface area contributed by atoms with E-state index in [0.717, 1.165) is 25.3 Å². The molecule has 1 N–H and O–H groups in total. The molecule has 3 rings (SSSR count). The van der Waals surface area contributed by atoms with Crippen molar-refractivity contribution in [3.63, 3.8) is 0 Å². The summed E-state index contributed by atoms with van der Waals surface area (Å²) >= 11 is 1.40. The van der Waals surface area contributed by atoms with Crippen LogP contribution in [0.5, 0.6) is 0 Å². The van der Waals surface area contributed by atoms with Crippen LogP contribution in [0.4, 0.5) is 11.4 Å². The summed E-state index contributed by atoms with van der Waals surface area (Å²) in [7, 11) is 0. The maximum absolute atomic E-state index is 4.07. The van der Waals surface area contributed by atoms with Gasteiger partial charge in [-0.05, 0) is 42.9 Å². The first-order valence-corrected chi connectivity index (χ1v) is 7.61. The van der Waals surface area contributed by atoms with E-state index < -0.39 is 0 Å². The summed E-state index contributed by atoms with van der Waals surface area (Å²) in [6, 6.07) is 8.53. The minimum Gasteiger partial charge on any atom is -0.378 e. The van der Waals surface area contributed by atoms with E-state index in [2.05, 4.69) is 44.1 Å². The van der Waals surface area contributed by atoms with Gasteiger partial charge in [0.05, 0.1) is 23.6 Å². The van der Waals surface area contributed by atoms with Crippen molar-refractivity contribution in [3.05, 3.63) is 35.3 Å². The third kappa shape index (κ3) is 3.04. The van der Waals surface area contributed by atoms with Gasteiger partial charge in [0.1, 0.15) is 0 Å². The van der Waals surface area contributed by atoms with Crippen LogP contribution in [0.2, 0.25) is 0 Å². The Kier molecular flexibility index (Phi) is 3.93. The highest BCUT2D eigenvalue weighted by molar-refractivity contribution is 7.03. The van der Waals surface area contributed by atoms with E-state index in [1.54, 1.807) is 0 Å². The van der Waals surface area contributed by atoms with E-state index in [1.165, 1.54) is 42.2 Å². The lowest BCUT2D eigenvalue weighted by Crippen LogP contribution is -2.30. The monoisotopic (exact) mass is 274 g/mol. The Bertz CT molecular complexity index is 506. The molecular formula is C14H18N4S. The van der Waals surface area contributed by atoms with Crippen LogP contribution in [0.3, 0.4) is 0 Å². The van der Waals surface area contributed by atoms with Gasteiger partial charge in [0, 0.05) is 18.5 Å². The van der Waals surface area contributed by atoms with Crippen molar-refractivity contribution in [2.45, 2.75) is 25.8 Å². The van der Waals surface area contributed by atoms with Gasteiger partial charge in [-0.1, -0.05) is 16.6 Å². The second kappa shape index (κ2) is 6.02. The summed E-state index contributed by atoms with van der Waals surface area (Å²) in [5, 5.41) is 9.52. The summed E-state index contributed by atoms with van der Waals surface area (Å²) in [5.41, 5.74) is 3.50. The molecule has 1 saturated heterocycles. The Labute approximate surface area is 117 Å². The quantitative estimate of drug-likeness (QED) is 0.930. The van der Waals surface area contributed by atoms with E-state index in [9.17, 15) is 0 Å². The number of piperidine rings is 1.